The van der Waals surface area contributed by atoms with E-state index in [2.05, 4.69) is 19.2 Å². The van der Waals surface area contributed by atoms with Crippen LogP contribution in [0.1, 0.15) is 25.1 Å². The molecule has 0 aliphatic heterocycles. The van der Waals surface area contributed by atoms with Gasteiger partial charge in [0.05, 0.1) is 0 Å². The van der Waals surface area contributed by atoms with Gasteiger partial charge < -0.3 is 5.32 Å². The second-order valence-electron chi connectivity index (χ2n) is 5.13. The summed E-state index contributed by atoms with van der Waals surface area (Å²) in [6.45, 7) is 5.93. The van der Waals surface area contributed by atoms with Gasteiger partial charge >= 0.3 is 0 Å². The summed E-state index contributed by atoms with van der Waals surface area (Å²) < 4.78 is 27.5. The standard InChI is InChI=1S/C13H25N3O2S2/c1-12(2)14-8-6-9-15(3)20(17,18)16(4)11-13-7-5-10-19-13/h5,7,10,12,14H,6,8-9,11H2,1-4H3. The van der Waals surface area contributed by atoms with Gasteiger partial charge in [0.1, 0.15) is 0 Å². The van der Waals surface area contributed by atoms with Gasteiger partial charge in [-0.1, -0.05) is 19.9 Å². The molecule has 7 heteroatoms. The molecular weight excluding hydrogens is 294 g/mol. The van der Waals surface area contributed by atoms with Gasteiger partial charge in [0.15, 0.2) is 0 Å². The topological polar surface area (TPSA) is 52.7 Å². The van der Waals surface area contributed by atoms with E-state index in [0.29, 0.717) is 19.1 Å². The third kappa shape index (κ3) is 5.49. The van der Waals surface area contributed by atoms with Crippen molar-refractivity contribution in [3.05, 3.63) is 22.4 Å². The van der Waals surface area contributed by atoms with Crippen molar-refractivity contribution >= 4 is 21.5 Å². The van der Waals surface area contributed by atoms with Crippen molar-refractivity contribution in [3.63, 3.8) is 0 Å². The molecule has 116 valence electrons. The van der Waals surface area contributed by atoms with Crippen molar-refractivity contribution in [2.75, 3.05) is 27.2 Å². The SMILES string of the molecule is CC(C)NCCCN(C)S(=O)(=O)N(C)Cc1cccs1. The van der Waals surface area contributed by atoms with Gasteiger partial charge in [-0.05, 0) is 24.4 Å². The van der Waals surface area contributed by atoms with Gasteiger partial charge in [0.25, 0.3) is 10.2 Å². The van der Waals surface area contributed by atoms with Crippen LogP contribution in [-0.2, 0) is 16.8 Å². The lowest BCUT2D eigenvalue weighted by molar-refractivity contribution is 0.383. The summed E-state index contributed by atoms with van der Waals surface area (Å²) in [7, 11) is -0.113. The lowest BCUT2D eigenvalue weighted by Gasteiger charge is -2.24. The van der Waals surface area contributed by atoms with Crippen LogP contribution in [0.15, 0.2) is 17.5 Å². The van der Waals surface area contributed by atoms with Crippen LogP contribution >= 0.6 is 11.3 Å². The molecule has 0 bridgehead atoms. The van der Waals surface area contributed by atoms with E-state index in [1.54, 1.807) is 25.4 Å². The molecule has 0 atom stereocenters. The fourth-order valence-electron chi connectivity index (χ4n) is 1.75. The molecular formula is C13H25N3O2S2. The third-order valence-corrected chi connectivity index (χ3v) is 5.70. The molecule has 0 fully saturated rings. The van der Waals surface area contributed by atoms with Gasteiger partial charge in [-0.25, -0.2) is 0 Å². The first kappa shape index (κ1) is 17.6. The summed E-state index contributed by atoms with van der Waals surface area (Å²) in [6.07, 6.45) is 0.806. The lowest BCUT2D eigenvalue weighted by Crippen LogP contribution is -2.40. The number of rotatable bonds is 9. The molecule has 20 heavy (non-hydrogen) atoms. The van der Waals surface area contributed by atoms with Crippen LogP contribution < -0.4 is 5.32 Å². The monoisotopic (exact) mass is 319 g/mol. The summed E-state index contributed by atoms with van der Waals surface area (Å²) >= 11 is 1.57. The molecule has 0 aliphatic rings. The fourth-order valence-corrected chi connectivity index (χ4v) is 3.73. The van der Waals surface area contributed by atoms with Crippen LogP contribution in [0.25, 0.3) is 0 Å². The second kappa shape index (κ2) is 8.09. The Morgan fingerprint density at radius 2 is 2.00 bits per heavy atom. The summed E-state index contributed by atoms with van der Waals surface area (Å²) in [4.78, 5) is 1.05. The highest BCUT2D eigenvalue weighted by molar-refractivity contribution is 7.86. The molecule has 0 amide bonds. The maximum absolute atomic E-state index is 12.3. The van der Waals surface area contributed by atoms with Gasteiger partial charge in [0, 0.05) is 38.1 Å². The minimum Gasteiger partial charge on any atom is -0.314 e. The summed E-state index contributed by atoms with van der Waals surface area (Å²) in [5.41, 5.74) is 0. The normalized spacial score (nSPS) is 12.8. The van der Waals surface area contributed by atoms with Crippen LogP contribution in [0.3, 0.4) is 0 Å². The highest BCUT2D eigenvalue weighted by Gasteiger charge is 2.23. The zero-order valence-corrected chi connectivity index (χ0v) is 14.3. The first-order valence-electron chi connectivity index (χ1n) is 6.77. The van der Waals surface area contributed by atoms with Crippen LogP contribution in [0, 0.1) is 0 Å². The maximum Gasteiger partial charge on any atom is 0.281 e. The van der Waals surface area contributed by atoms with E-state index in [1.165, 1.54) is 8.61 Å². The smallest absolute Gasteiger partial charge is 0.281 e. The highest BCUT2D eigenvalue weighted by Crippen LogP contribution is 2.14. The Bertz CT molecular complexity index is 472. The van der Waals surface area contributed by atoms with Crippen molar-refractivity contribution in [2.24, 2.45) is 0 Å². The van der Waals surface area contributed by atoms with Gasteiger partial charge in [-0.15, -0.1) is 11.3 Å². The zero-order chi connectivity index (χ0) is 15.2. The van der Waals surface area contributed by atoms with Crippen molar-refractivity contribution in [2.45, 2.75) is 32.9 Å². The Morgan fingerprint density at radius 3 is 2.55 bits per heavy atom. The van der Waals surface area contributed by atoms with Gasteiger partial charge in [-0.2, -0.15) is 17.0 Å². The Balaban J connectivity index is 2.45. The number of hydrogen-bond acceptors (Lipinski definition) is 4. The summed E-state index contributed by atoms with van der Waals surface area (Å²) in [6, 6.07) is 4.31. The molecule has 0 spiro atoms. The van der Waals surface area contributed by atoms with Crippen molar-refractivity contribution in [3.8, 4) is 0 Å². The predicted octanol–water partition coefficient (Wildman–Crippen LogP) is 1.74. The van der Waals surface area contributed by atoms with E-state index in [1.807, 2.05) is 17.5 Å². The van der Waals surface area contributed by atoms with E-state index < -0.39 is 10.2 Å². The second-order valence-corrected chi connectivity index (χ2v) is 8.30. The Hall–Kier alpha value is -0.470. The largest absolute Gasteiger partial charge is 0.314 e. The van der Waals surface area contributed by atoms with Gasteiger partial charge in [0.2, 0.25) is 0 Å². The zero-order valence-electron chi connectivity index (χ0n) is 12.7. The van der Waals surface area contributed by atoms with Crippen LogP contribution in [-0.4, -0.2) is 50.3 Å². The number of nitrogens with one attached hydrogen (secondary N) is 1. The molecule has 5 nitrogen and oxygen atoms in total. The van der Waals surface area contributed by atoms with Crippen molar-refractivity contribution in [1.29, 1.82) is 0 Å². The highest BCUT2D eigenvalue weighted by atomic mass is 32.2. The van der Waals surface area contributed by atoms with E-state index in [0.717, 1.165) is 17.8 Å². The first-order valence-corrected chi connectivity index (χ1v) is 9.05. The molecule has 0 aliphatic carbocycles. The molecule has 1 heterocycles. The molecule has 0 saturated carbocycles. The quantitative estimate of drug-likeness (QED) is 0.706. The maximum atomic E-state index is 12.3. The molecule has 0 unspecified atom stereocenters. The lowest BCUT2D eigenvalue weighted by atomic mass is 10.3. The molecule has 0 aromatic carbocycles. The minimum atomic E-state index is -3.37. The summed E-state index contributed by atoms with van der Waals surface area (Å²) in [5, 5.41) is 5.24. The van der Waals surface area contributed by atoms with Gasteiger partial charge in [-0.3, -0.25) is 0 Å². The van der Waals surface area contributed by atoms with Crippen LogP contribution in [0.5, 0.6) is 0 Å². The van der Waals surface area contributed by atoms with E-state index in [9.17, 15) is 8.42 Å². The first-order chi connectivity index (χ1) is 9.34. The minimum absolute atomic E-state index is 0.425. The Labute approximate surface area is 126 Å². The van der Waals surface area contributed by atoms with Crippen molar-refractivity contribution < 1.29 is 8.42 Å². The molecule has 1 aromatic rings. The number of nitrogens with zero attached hydrogens (tertiary/aromatic N) is 2. The average molecular weight is 319 g/mol. The van der Waals surface area contributed by atoms with Crippen LogP contribution in [0.4, 0.5) is 0 Å². The Morgan fingerprint density at radius 1 is 1.30 bits per heavy atom. The van der Waals surface area contributed by atoms with E-state index >= 15 is 0 Å². The Kier molecular flexibility index (Phi) is 7.11. The third-order valence-electron chi connectivity index (χ3n) is 2.95. The molecule has 0 radical (unpaired) electrons. The molecule has 0 saturated heterocycles. The number of hydrogen-bond donors (Lipinski definition) is 1. The fraction of sp³-hybridized carbons (Fsp3) is 0.692. The predicted molar refractivity (Wildman–Crippen MR) is 85.1 cm³/mol. The average Bonchev–Trinajstić information content (AvgIpc) is 2.86. The molecule has 1 rings (SSSR count). The summed E-state index contributed by atoms with van der Waals surface area (Å²) in [5.74, 6) is 0. The van der Waals surface area contributed by atoms with Crippen molar-refractivity contribution in [1.82, 2.24) is 13.9 Å². The van der Waals surface area contributed by atoms with Crippen LogP contribution in [0.2, 0.25) is 0 Å². The van der Waals surface area contributed by atoms with E-state index in [-0.39, 0.29) is 0 Å². The van der Waals surface area contributed by atoms with E-state index in [4.69, 9.17) is 0 Å². The number of thiophene rings is 1. The molecule has 1 N–H and O–H groups in total. The molecule has 1 aromatic heterocycles.